The van der Waals surface area contributed by atoms with E-state index < -0.39 is 41.3 Å². The molecule has 3 amide bonds. The Morgan fingerprint density at radius 1 is 1.06 bits per heavy atom. The van der Waals surface area contributed by atoms with Gasteiger partial charge in [0.15, 0.2) is 5.78 Å². The number of esters is 1. The monoisotopic (exact) mass is 497 g/mol. The zero-order valence-corrected chi connectivity index (χ0v) is 21.5. The van der Waals surface area contributed by atoms with E-state index in [0.29, 0.717) is 51.5 Å². The summed E-state index contributed by atoms with van der Waals surface area (Å²) in [6.45, 7) is 7.14. The summed E-state index contributed by atoms with van der Waals surface area (Å²) in [5.41, 5.74) is 10.4. The predicted octanol–water partition coefficient (Wildman–Crippen LogP) is -0.103. The smallest absolute Gasteiger partial charge is 0.326 e. The van der Waals surface area contributed by atoms with Crippen molar-refractivity contribution < 1.29 is 28.7 Å². The van der Waals surface area contributed by atoms with E-state index in [1.165, 1.54) is 6.92 Å². The van der Waals surface area contributed by atoms with Gasteiger partial charge in [0.25, 0.3) is 0 Å². The zero-order valence-electron chi connectivity index (χ0n) is 21.5. The number of amides is 3. The Morgan fingerprint density at radius 2 is 1.74 bits per heavy atom. The normalized spacial score (nSPS) is 21.2. The van der Waals surface area contributed by atoms with Crippen LogP contribution in [0, 0.1) is 11.8 Å². The molecule has 4 atom stereocenters. The van der Waals surface area contributed by atoms with E-state index in [9.17, 15) is 24.0 Å². The maximum Gasteiger partial charge on any atom is 0.326 e. The number of carbonyl (C=O) groups is 5. The lowest BCUT2D eigenvalue weighted by Gasteiger charge is -2.28. The summed E-state index contributed by atoms with van der Waals surface area (Å²) in [4.78, 5) is 62.6. The highest BCUT2D eigenvalue weighted by Gasteiger charge is 2.50. The van der Waals surface area contributed by atoms with Gasteiger partial charge in [-0.15, -0.1) is 0 Å². The molecule has 0 saturated heterocycles. The first-order valence-corrected chi connectivity index (χ1v) is 12.5. The van der Waals surface area contributed by atoms with Gasteiger partial charge in [-0.3, -0.25) is 24.0 Å². The SMILES string of the molecule is CCOC(=O)C1(N)CCCC1C(=O)CNC(=O)[C@H](CCCCN)NC(=O)[C@H](CC(C)C)NC(C)=O. The van der Waals surface area contributed by atoms with E-state index in [2.05, 4.69) is 16.0 Å². The summed E-state index contributed by atoms with van der Waals surface area (Å²) in [5.74, 6) is -2.90. The minimum atomic E-state index is -1.39. The van der Waals surface area contributed by atoms with Crippen LogP contribution in [0.2, 0.25) is 0 Å². The van der Waals surface area contributed by atoms with Gasteiger partial charge in [-0.25, -0.2) is 0 Å². The van der Waals surface area contributed by atoms with E-state index in [1.54, 1.807) is 6.92 Å². The third kappa shape index (κ3) is 9.56. The molecule has 1 aliphatic rings. The zero-order chi connectivity index (χ0) is 26.6. The molecule has 11 nitrogen and oxygen atoms in total. The molecule has 0 spiro atoms. The number of nitrogens with one attached hydrogen (secondary N) is 3. The van der Waals surface area contributed by atoms with Gasteiger partial charge in [-0.05, 0) is 57.9 Å². The summed E-state index contributed by atoms with van der Waals surface area (Å²) in [6.07, 6.45) is 3.38. The van der Waals surface area contributed by atoms with Gasteiger partial charge in [0.1, 0.15) is 17.6 Å². The van der Waals surface area contributed by atoms with Crippen LogP contribution >= 0.6 is 0 Å². The van der Waals surface area contributed by atoms with E-state index >= 15 is 0 Å². The summed E-state index contributed by atoms with van der Waals surface area (Å²) >= 11 is 0. The molecule has 2 unspecified atom stereocenters. The second kappa shape index (κ2) is 14.8. The molecule has 0 heterocycles. The van der Waals surface area contributed by atoms with Gasteiger partial charge in [-0.1, -0.05) is 20.3 Å². The fraction of sp³-hybridized carbons (Fsp3) is 0.792. The lowest BCUT2D eigenvalue weighted by atomic mass is 9.84. The van der Waals surface area contributed by atoms with Crippen LogP contribution < -0.4 is 27.4 Å². The van der Waals surface area contributed by atoms with Crippen molar-refractivity contribution in [3.63, 3.8) is 0 Å². The molecule has 0 bridgehead atoms. The fourth-order valence-electron chi connectivity index (χ4n) is 4.39. The van der Waals surface area contributed by atoms with E-state index in [4.69, 9.17) is 16.2 Å². The first kappa shape index (κ1) is 30.5. The van der Waals surface area contributed by atoms with Crippen molar-refractivity contribution in [1.29, 1.82) is 0 Å². The number of hydrogen-bond donors (Lipinski definition) is 5. The molecule has 0 aromatic carbocycles. The van der Waals surface area contributed by atoms with Gasteiger partial charge >= 0.3 is 5.97 Å². The van der Waals surface area contributed by atoms with Crippen molar-refractivity contribution in [3.8, 4) is 0 Å². The van der Waals surface area contributed by atoms with Crippen molar-refractivity contribution in [2.75, 3.05) is 19.7 Å². The molecule has 35 heavy (non-hydrogen) atoms. The Balaban J connectivity index is 2.85. The number of rotatable bonds is 15. The Kier molecular flexibility index (Phi) is 12.9. The molecule has 0 aromatic heterocycles. The number of nitrogens with two attached hydrogens (primary N) is 2. The fourth-order valence-corrected chi connectivity index (χ4v) is 4.39. The second-order valence-corrected chi connectivity index (χ2v) is 9.62. The first-order chi connectivity index (χ1) is 16.5. The molecule has 1 rings (SSSR count). The summed E-state index contributed by atoms with van der Waals surface area (Å²) in [7, 11) is 0. The van der Waals surface area contributed by atoms with E-state index in [-0.39, 0.29) is 30.8 Å². The molecule has 200 valence electrons. The van der Waals surface area contributed by atoms with E-state index in [0.717, 1.165) is 0 Å². The van der Waals surface area contributed by atoms with Gasteiger partial charge in [0.05, 0.1) is 13.2 Å². The third-order valence-corrected chi connectivity index (χ3v) is 6.17. The minimum Gasteiger partial charge on any atom is -0.465 e. The standard InChI is InChI=1S/C24H43N5O6/c1-5-35-23(34)24(26)11-8-9-17(24)20(31)14-27-21(32)18(10-6-7-12-25)29-22(33)19(13-15(2)3)28-16(4)30/h15,17-19H,5-14,25-26H2,1-4H3,(H,27,32)(H,28,30)(H,29,33)/t17?,18-,19-,24?/m0/s1. The maximum atomic E-state index is 12.9. The van der Waals surface area contributed by atoms with Crippen molar-refractivity contribution in [2.45, 2.75) is 90.3 Å². The molecule has 1 aliphatic carbocycles. The van der Waals surface area contributed by atoms with Crippen LogP contribution in [0.3, 0.4) is 0 Å². The molecule has 0 radical (unpaired) electrons. The van der Waals surface area contributed by atoms with Crippen molar-refractivity contribution in [3.05, 3.63) is 0 Å². The van der Waals surface area contributed by atoms with Crippen LogP contribution in [-0.2, 0) is 28.7 Å². The lowest BCUT2D eigenvalue weighted by molar-refractivity contribution is -0.153. The topological polar surface area (TPSA) is 183 Å². The minimum absolute atomic E-state index is 0.141. The van der Waals surface area contributed by atoms with Gasteiger partial charge < -0.3 is 32.2 Å². The highest BCUT2D eigenvalue weighted by molar-refractivity contribution is 5.96. The third-order valence-electron chi connectivity index (χ3n) is 6.17. The molecular formula is C24H43N5O6. The van der Waals surface area contributed by atoms with Crippen molar-refractivity contribution in [2.24, 2.45) is 23.3 Å². The summed E-state index contributed by atoms with van der Waals surface area (Å²) in [5, 5.41) is 7.93. The molecule has 7 N–H and O–H groups in total. The largest absolute Gasteiger partial charge is 0.465 e. The van der Waals surface area contributed by atoms with Crippen LogP contribution in [0.5, 0.6) is 0 Å². The lowest BCUT2D eigenvalue weighted by Crippen LogP contribution is -2.57. The van der Waals surface area contributed by atoms with Gasteiger partial charge in [0.2, 0.25) is 17.7 Å². The molecule has 1 fully saturated rings. The van der Waals surface area contributed by atoms with Crippen LogP contribution in [0.4, 0.5) is 0 Å². The number of Topliss-reactive ketones (excluding diaryl/α,β-unsaturated/α-hetero) is 1. The van der Waals surface area contributed by atoms with Crippen LogP contribution in [0.1, 0.15) is 72.6 Å². The average Bonchev–Trinajstić information content (AvgIpc) is 3.18. The summed E-state index contributed by atoms with van der Waals surface area (Å²) in [6, 6.07) is -1.68. The summed E-state index contributed by atoms with van der Waals surface area (Å²) < 4.78 is 5.06. The quantitative estimate of drug-likeness (QED) is 0.153. The highest BCUT2D eigenvalue weighted by atomic mass is 16.5. The van der Waals surface area contributed by atoms with Crippen molar-refractivity contribution in [1.82, 2.24) is 16.0 Å². The molecule has 0 aromatic rings. The number of hydrogen-bond acceptors (Lipinski definition) is 8. The molecular weight excluding hydrogens is 454 g/mol. The second-order valence-electron chi connectivity index (χ2n) is 9.62. The van der Waals surface area contributed by atoms with Gasteiger partial charge in [0, 0.05) is 12.8 Å². The highest BCUT2D eigenvalue weighted by Crippen LogP contribution is 2.35. The van der Waals surface area contributed by atoms with E-state index in [1.807, 2.05) is 13.8 Å². The van der Waals surface area contributed by atoms with Crippen molar-refractivity contribution >= 4 is 29.5 Å². The van der Waals surface area contributed by atoms with Gasteiger partial charge in [-0.2, -0.15) is 0 Å². The number of carbonyl (C=O) groups excluding carboxylic acids is 5. The molecule has 0 aliphatic heterocycles. The number of ether oxygens (including phenoxy) is 1. The molecule has 11 heteroatoms. The maximum absolute atomic E-state index is 12.9. The number of unbranched alkanes of at least 4 members (excludes halogenated alkanes) is 1. The Morgan fingerprint density at radius 3 is 2.31 bits per heavy atom. The molecule has 1 saturated carbocycles. The Labute approximate surface area is 207 Å². The predicted molar refractivity (Wildman–Crippen MR) is 131 cm³/mol. The van der Waals surface area contributed by atoms with Crippen LogP contribution in [-0.4, -0.2) is 66.8 Å². The number of ketones is 1. The van der Waals surface area contributed by atoms with Crippen LogP contribution in [0.15, 0.2) is 0 Å². The van der Waals surface area contributed by atoms with Crippen LogP contribution in [0.25, 0.3) is 0 Å². The Bertz CT molecular complexity index is 759. The Hall–Kier alpha value is -2.53. The average molecular weight is 498 g/mol. The first-order valence-electron chi connectivity index (χ1n) is 12.5.